The summed E-state index contributed by atoms with van der Waals surface area (Å²) in [6.07, 6.45) is 0. The third-order valence-electron chi connectivity index (χ3n) is 2.08. The normalized spacial score (nSPS) is 12.8. The number of halogens is 4. The number of hydrogen-bond donors (Lipinski definition) is 0. The molecule has 84 valence electrons. The van der Waals surface area contributed by atoms with Gasteiger partial charge in [-0.3, -0.25) is 0 Å². The minimum Gasteiger partial charge on any atom is -0.207 e. The smallest absolute Gasteiger partial charge is 0.123 e. The number of benzene rings is 1. The fraction of sp³-hybridized carbons (Fsp3) is 0.0909. The molecule has 0 amide bonds. The van der Waals surface area contributed by atoms with Crippen LogP contribution in [-0.2, 0) is 0 Å². The van der Waals surface area contributed by atoms with Crippen LogP contribution in [-0.4, -0.2) is 0 Å². The van der Waals surface area contributed by atoms with Crippen molar-refractivity contribution < 1.29 is 4.39 Å². The van der Waals surface area contributed by atoms with Crippen molar-refractivity contribution >= 4 is 54.8 Å². The highest BCUT2D eigenvalue weighted by molar-refractivity contribution is 9.10. The summed E-state index contributed by atoms with van der Waals surface area (Å²) < 4.78 is 14.4. The minimum absolute atomic E-state index is 0.0434. The molecule has 1 heterocycles. The monoisotopic (exact) mass is 382 g/mol. The van der Waals surface area contributed by atoms with Crippen LogP contribution >= 0.6 is 54.8 Å². The average molecular weight is 384 g/mol. The lowest BCUT2D eigenvalue weighted by atomic mass is 10.1. The number of rotatable bonds is 2. The van der Waals surface area contributed by atoms with Crippen LogP contribution in [0.4, 0.5) is 4.39 Å². The SMILES string of the molecule is Fc1ccc(C(Br)c2cc(Br)c(Cl)s2)cc1. The van der Waals surface area contributed by atoms with Crippen molar-refractivity contribution in [2.24, 2.45) is 0 Å². The van der Waals surface area contributed by atoms with Gasteiger partial charge in [-0.15, -0.1) is 11.3 Å². The number of alkyl halides is 1. The molecule has 0 aliphatic heterocycles. The van der Waals surface area contributed by atoms with Gasteiger partial charge in [0.05, 0.1) is 4.83 Å². The van der Waals surface area contributed by atoms with Crippen LogP contribution in [0, 0.1) is 5.82 Å². The fourth-order valence-corrected chi connectivity index (χ4v) is 3.74. The van der Waals surface area contributed by atoms with Gasteiger partial charge in [0.1, 0.15) is 10.2 Å². The van der Waals surface area contributed by atoms with Gasteiger partial charge >= 0.3 is 0 Å². The maximum absolute atomic E-state index is 12.8. The van der Waals surface area contributed by atoms with E-state index in [1.165, 1.54) is 23.5 Å². The molecule has 1 aromatic heterocycles. The van der Waals surface area contributed by atoms with E-state index in [0.717, 1.165) is 19.2 Å². The maximum Gasteiger partial charge on any atom is 0.123 e. The Morgan fingerprint density at radius 2 is 1.88 bits per heavy atom. The molecule has 0 spiro atoms. The Balaban J connectivity index is 2.31. The summed E-state index contributed by atoms with van der Waals surface area (Å²) in [5.41, 5.74) is 1.01. The molecular formula is C11H6Br2ClFS. The molecule has 0 bridgehead atoms. The molecule has 0 fully saturated rings. The molecule has 1 atom stereocenters. The predicted molar refractivity (Wildman–Crippen MR) is 74.2 cm³/mol. The van der Waals surface area contributed by atoms with Crippen molar-refractivity contribution in [1.29, 1.82) is 0 Å². The van der Waals surface area contributed by atoms with Gasteiger partial charge in [-0.2, -0.15) is 0 Å². The third-order valence-corrected chi connectivity index (χ3v) is 5.94. The predicted octanol–water partition coefficient (Wildman–Crippen LogP) is 5.79. The van der Waals surface area contributed by atoms with Crippen LogP contribution in [0.3, 0.4) is 0 Å². The molecule has 0 saturated carbocycles. The first-order valence-corrected chi connectivity index (χ1v) is 7.32. The van der Waals surface area contributed by atoms with Crippen molar-refractivity contribution in [2.45, 2.75) is 4.83 Å². The molecule has 2 aromatic rings. The van der Waals surface area contributed by atoms with Gasteiger partial charge in [0.25, 0.3) is 0 Å². The van der Waals surface area contributed by atoms with Gasteiger partial charge < -0.3 is 0 Å². The molecule has 5 heteroatoms. The van der Waals surface area contributed by atoms with Crippen LogP contribution in [0.2, 0.25) is 4.34 Å². The highest BCUT2D eigenvalue weighted by atomic mass is 79.9. The second kappa shape index (κ2) is 5.17. The van der Waals surface area contributed by atoms with Gasteiger partial charge in [0.15, 0.2) is 0 Å². The first kappa shape index (κ1) is 12.6. The standard InChI is InChI=1S/C11H6Br2ClFS/c12-8-5-9(16-11(8)14)10(13)6-1-3-7(15)4-2-6/h1-5,10H. The van der Waals surface area contributed by atoms with Crippen LogP contribution in [0.5, 0.6) is 0 Å². The Hall–Kier alpha value is 0.1000. The highest BCUT2D eigenvalue weighted by Crippen LogP contribution is 2.41. The average Bonchev–Trinajstić information content (AvgIpc) is 2.59. The molecule has 1 unspecified atom stereocenters. The van der Waals surface area contributed by atoms with Gasteiger partial charge in [-0.05, 0) is 39.7 Å². The summed E-state index contributed by atoms with van der Waals surface area (Å²) in [5, 5.41) is 0. The lowest BCUT2D eigenvalue weighted by molar-refractivity contribution is 0.627. The summed E-state index contributed by atoms with van der Waals surface area (Å²) in [4.78, 5) is 1.13. The Kier molecular flexibility index (Phi) is 4.06. The van der Waals surface area contributed by atoms with E-state index in [0.29, 0.717) is 0 Å². The van der Waals surface area contributed by atoms with Crippen LogP contribution in [0.15, 0.2) is 34.8 Å². The second-order valence-electron chi connectivity index (χ2n) is 3.18. The van der Waals surface area contributed by atoms with E-state index >= 15 is 0 Å². The Morgan fingerprint density at radius 1 is 1.25 bits per heavy atom. The molecule has 0 saturated heterocycles. The summed E-state index contributed by atoms with van der Waals surface area (Å²) in [6, 6.07) is 8.39. The van der Waals surface area contributed by atoms with Crippen molar-refractivity contribution in [2.75, 3.05) is 0 Å². The molecule has 0 radical (unpaired) electrons. The first-order chi connectivity index (χ1) is 7.58. The fourth-order valence-electron chi connectivity index (χ4n) is 1.28. The van der Waals surface area contributed by atoms with Crippen LogP contribution in [0.1, 0.15) is 15.3 Å². The van der Waals surface area contributed by atoms with Crippen molar-refractivity contribution in [3.05, 3.63) is 55.4 Å². The Morgan fingerprint density at radius 3 is 2.38 bits per heavy atom. The van der Waals surface area contributed by atoms with E-state index in [-0.39, 0.29) is 10.6 Å². The van der Waals surface area contributed by atoms with Crippen LogP contribution in [0.25, 0.3) is 0 Å². The molecule has 0 aliphatic carbocycles. The van der Waals surface area contributed by atoms with E-state index in [9.17, 15) is 4.39 Å². The van der Waals surface area contributed by atoms with E-state index in [1.54, 1.807) is 12.1 Å². The molecular weight excluding hydrogens is 378 g/mol. The summed E-state index contributed by atoms with van der Waals surface area (Å²) in [6.45, 7) is 0. The molecule has 0 N–H and O–H groups in total. The topological polar surface area (TPSA) is 0 Å². The maximum atomic E-state index is 12.8. The zero-order valence-corrected chi connectivity index (χ0v) is 12.6. The van der Waals surface area contributed by atoms with Gasteiger partial charge in [0.2, 0.25) is 0 Å². The summed E-state index contributed by atoms with van der Waals surface area (Å²) in [5.74, 6) is -0.228. The van der Waals surface area contributed by atoms with Crippen molar-refractivity contribution in [3.8, 4) is 0 Å². The van der Waals surface area contributed by atoms with Gasteiger partial charge in [0, 0.05) is 9.35 Å². The molecule has 2 rings (SSSR count). The highest BCUT2D eigenvalue weighted by Gasteiger charge is 2.14. The largest absolute Gasteiger partial charge is 0.207 e. The van der Waals surface area contributed by atoms with E-state index in [4.69, 9.17) is 11.6 Å². The third kappa shape index (κ3) is 2.67. The Labute approximate surface area is 119 Å². The zero-order chi connectivity index (χ0) is 11.7. The van der Waals surface area contributed by atoms with Crippen molar-refractivity contribution in [1.82, 2.24) is 0 Å². The number of hydrogen-bond acceptors (Lipinski definition) is 1. The lowest BCUT2D eigenvalue weighted by Crippen LogP contribution is -1.89. The van der Waals surface area contributed by atoms with Gasteiger partial charge in [-0.25, -0.2) is 4.39 Å². The molecule has 0 nitrogen and oxygen atoms in total. The summed E-state index contributed by atoms with van der Waals surface area (Å²) in [7, 11) is 0. The van der Waals surface area contributed by atoms with Crippen molar-refractivity contribution in [3.63, 3.8) is 0 Å². The minimum atomic E-state index is -0.228. The lowest BCUT2D eigenvalue weighted by Gasteiger charge is -2.07. The molecule has 16 heavy (non-hydrogen) atoms. The van der Waals surface area contributed by atoms with Gasteiger partial charge in [-0.1, -0.05) is 39.7 Å². The molecule has 1 aromatic carbocycles. The zero-order valence-electron chi connectivity index (χ0n) is 7.88. The first-order valence-electron chi connectivity index (χ1n) is 4.42. The number of thiophene rings is 1. The molecule has 0 aliphatic rings. The van der Waals surface area contributed by atoms with E-state index in [1.807, 2.05) is 6.07 Å². The summed E-state index contributed by atoms with van der Waals surface area (Å²) >= 11 is 14.4. The quantitative estimate of drug-likeness (QED) is 0.575. The van der Waals surface area contributed by atoms with E-state index in [2.05, 4.69) is 31.9 Å². The van der Waals surface area contributed by atoms with Crippen LogP contribution < -0.4 is 0 Å². The Bertz CT molecular complexity index is 476. The van der Waals surface area contributed by atoms with E-state index < -0.39 is 0 Å². The second-order valence-corrected chi connectivity index (χ2v) is 6.64.